The minimum absolute atomic E-state index is 0.168. The van der Waals surface area contributed by atoms with E-state index >= 15 is 0 Å². The summed E-state index contributed by atoms with van der Waals surface area (Å²) in [6.45, 7) is 2.28. The molecule has 3 rings (SSSR count). The van der Waals surface area contributed by atoms with Gasteiger partial charge in [-0.2, -0.15) is 5.26 Å². The molecule has 0 heterocycles. The van der Waals surface area contributed by atoms with E-state index in [2.05, 4.69) is 19.1 Å². The molecule has 0 radical (unpaired) electrons. The van der Waals surface area contributed by atoms with Gasteiger partial charge >= 0.3 is 0 Å². The maximum atomic E-state index is 14.6. The molecule has 1 aliphatic rings. The lowest BCUT2D eigenvalue weighted by Gasteiger charge is -2.28. The zero-order valence-electron chi connectivity index (χ0n) is 15.7. The largest absolute Gasteiger partial charge is 0.206 e. The van der Waals surface area contributed by atoms with Gasteiger partial charge in [-0.1, -0.05) is 69.7 Å². The van der Waals surface area contributed by atoms with Crippen LogP contribution < -0.4 is 0 Å². The van der Waals surface area contributed by atoms with E-state index < -0.39 is 0 Å². The van der Waals surface area contributed by atoms with Gasteiger partial charge in [-0.25, -0.2) is 4.39 Å². The van der Waals surface area contributed by atoms with E-state index in [1.54, 1.807) is 18.2 Å². The molecule has 2 aromatic carbocycles. The Balaban J connectivity index is 1.57. The van der Waals surface area contributed by atoms with Crippen LogP contribution in [0.2, 0.25) is 0 Å². The second kappa shape index (κ2) is 8.99. The summed E-state index contributed by atoms with van der Waals surface area (Å²) < 4.78 is 14.6. The highest BCUT2D eigenvalue weighted by Crippen LogP contribution is 2.34. The van der Waals surface area contributed by atoms with Crippen LogP contribution in [0.25, 0.3) is 11.1 Å². The maximum Gasteiger partial charge on any atom is 0.131 e. The van der Waals surface area contributed by atoms with Crippen molar-refractivity contribution in [2.45, 2.75) is 58.3 Å². The normalized spacial score (nSPS) is 19.9. The van der Waals surface area contributed by atoms with Crippen molar-refractivity contribution in [2.75, 3.05) is 0 Å². The minimum Gasteiger partial charge on any atom is -0.206 e. The van der Waals surface area contributed by atoms with Gasteiger partial charge < -0.3 is 0 Å². The molecule has 1 fully saturated rings. The highest BCUT2D eigenvalue weighted by Gasteiger charge is 2.20. The molecule has 0 N–H and O–H groups in total. The van der Waals surface area contributed by atoms with E-state index in [1.807, 2.05) is 18.2 Å². The second-order valence-corrected chi connectivity index (χ2v) is 7.72. The van der Waals surface area contributed by atoms with Gasteiger partial charge in [-0.3, -0.25) is 0 Å². The molecule has 2 heteroatoms. The molecule has 1 aliphatic carbocycles. The summed E-state index contributed by atoms with van der Waals surface area (Å²) >= 11 is 0. The first-order chi connectivity index (χ1) is 12.7. The molecule has 0 saturated heterocycles. The third-order valence-corrected chi connectivity index (χ3v) is 5.86. The molecule has 2 aromatic rings. The molecule has 26 heavy (non-hydrogen) atoms. The van der Waals surface area contributed by atoms with Gasteiger partial charge in [0, 0.05) is 5.56 Å². The van der Waals surface area contributed by atoms with Crippen molar-refractivity contribution < 1.29 is 4.39 Å². The maximum absolute atomic E-state index is 14.6. The molecule has 0 amide bonds. The predicted octanol–water partition coefficient (Wildman–Crippen LogP) is 6.90. The fraction of sp³-hybridized carbons (Fsp3) is 0.458. The topological polar surface area (TPSA) is 23.8 Å². The Kier molecular flexibility index (Phi) is 6.45. The van der Waals surface area contributed by atoms with Crippen molar-refractivity contribution >= 4 is 0 Å². The summed E-state index contributed by atoms with van der Waals surface area (Å²) in [5.41, 5.74) is 3.12. The van der Waals surface area contributed by atoms with Gasteiger partial charge in [0.05, 0.1) is 11.6 Å². The van der Waals surface area contributed by atoms with E-state index in [9.17, 15) is 4.39 Å². The highest BCUT2D eigenvalue weighted by molar-refractivity contribution is 5.65. The number of halogens is 1. The van der Waals surface area contributed by atoms with Gasteiger partial charge in [-0.05, 0) is 54.0 Å². The number of nitriles is 1. The Hall–Kier alpha value is -2.14. The molecule has 136 valence electrons. The number of hydrogen-bond donors (Lipinski definition) is 0. The monoisotopic (exact) mass is 349 g/mol. The van der Waals surface area contributed by atoms with Crippen LogP contribution in [-0.4, -0.2) is 0 Å². The third kappa shape index (κ3) is 4.73. The zero-order chi connectivity index (χ0) is 18.4. The third-order valence-electron chi connectivity index (χ3n) is 5.86. The van der Waals surface area contributed by atoms with Gasteiger partial charge in [0.1, 0.15) is 5.82 Å². The first-order valence-corrected chi connectivity index (χ1v) is 9.98. The number of nitrogens with zero attached hydrogens (tertiary/aromatic N) is 1. The summed E-state index contributed by atoms with van der Waals surface area (Å²) in [4.78, 5) is 0. The SMILES string of the molecule is CCCC1CCC(CCc2ccc(-c3ccc(C#N)cc3)c(F)c2)CC1. The Morgan fingerprint density at radius 2 is 1.62 bits per heavy atom. The molecule has 0 spiro atoms. The van der Waals surface area contributed by atoms with Crippen molar-refractivity contribution in [3.8, 4) is 17.2 Å². The van der Waals surface area contributed by atoms with Crippen LogP contribution in [-0.2, 0) is 6.42 Å². The van der Waals surface area contributed by atoms with Crippen molar-refractivity contribution in [3.05, 3.63) is 59.4 Å². The predicted molar refractivity (Wildman–Crippen MR) is 105 cm³/mol. The van der Waals surface area contributed by atoms with Crippen molar-refractivity contribution in [3.63, 3.8) is 0 Å². The number of rotatable bonds is 6. The molecule has 1 nitrogen and oxygen atoms in total. The molecule has 0 unspecified atom stereocenters. The van der Waals surface area contributed by atoms with E-state index in [1.165, 1.54) is 44.9 Å². The second-order valence-electron chi connectivity index (χ2n) is 7.72. The standard InChI is InChI=1S/C24H28FN/c1-2-3-18-4-6-19(7-5-18)8-9-20-12-15-23(24(25)16-20)22-13-10-21(17-26)11-14-22/h10-16,18-19H,2-9H2,1H3. The Morgan fingerprint density at radius 1 is 0.962 bits per heavy atom. The average molecular weight is 349 g/mol. The molecule has 0 aromatic heterocycles. The van der Waals surface area contributed by atoms with E-state index in [0.717, 1.165) is 29.4 Å². The van der Waals surface area contributed by atoms with Crippen LogP contribution >= 0.6 is 0 Å². The summed E-state index contributed by atoms with van der Waals surface area (Å²) in [6, 6.07) is 14.8. The lowest BCUT2D eigenvalue weighted by Crippen LogP contribution is -2.15. The minimum atomic E-state index is -0.168. The Bertz CT molecular complexity index is 749. The fourth-order valence-corrected chi connectivity index (χ4v) is 4.26. The average Bonchev–Trinajstić information content (AvgIpc) is 2.68. The lowest BCUT2D eigenvalue weighted by atomic mass is 9.78. The number of aryl methyl sites for hydroxylation is 1. The van der Waals surface area contributed by atoms with Crippen LogP contribution in [0.3, 0.4) is 0 Å². The zero-order valence-corrected chi connectivity index (χ0v) is 15.7. The summed E-state index contributed by atoms with van der Waals surface area (Å²) in [7, 11) is 0. The van der Waals surface area contributed by atoms with Crippen molar-refractivity contribution in [1.29, 1.82) is 5.26 Å². The Morgan fingerprint density at radius 3 is 2.19 bits per heavy atom. The number of hydrogen-bond acceptors (Lipinski definition) is 1. The van der Waals surface area contributed by atoms with Crippen LogP contribution in [0.15, 0.2) is 42.5 Å². The van der Waals surface area contributed by atoms with Crippen molar-refractivity contribution in [1.82, 2.24) is 0 Å². The quantitative estimate of drug-likeness (QED) is 0.556. The van der Waals surface area contributed by atoms with Crippen LogP contribution in [0, 0.1) is 29.0 Å². The van der Waals surface area contributed by atoms with Gasteiger partial charge in [-0.15, -0.1) is 0 Å². The van der Waals surface area contributed by atoms with Crippen LogP contribution in [0.1, 0.15) is 63.0 Å². The highest BCUT2D eigenvalue weighted by atomic mass is 19.1. The smallest absolute Gasteiger partial charge is 0.131 e. The summed E-state index contributed by atoms with van der Waals surface area (Å²) in [6.07, 6.45) is 10.3. The van der Waals surface area contributed by atoms with Crippen LogP contribution in [0.5, 0.6) is 0 Å². The Labute approximate surface area is 156 Å². The molecule has 0 bridgehead atoms. The molecule has 0 aliphatic heterocycles. The van der Waals surface area contributed by atoms with Crippen molar-refractivity contribution in [2.24, 2.45) is 11.8 Å². The first kappa shape index (κ1) is 18.6. The van der Waals surface area contributed by atoms with Gasteiger partial charge in [0.25, 0.3) is 0 Å². The lowest BCUT2D eigenvalue weighted by molar-refractivity contribution is 0.252. The van der Waals surface area contributed by atoms with Crippen LogP contribution in [0.4, 0.5) is 4.39 Å². The molecule has 0 atom stereocenters. The van der Waals surface area contributed by atoms with E-state index in [4.69, 9.17) is 5.26 Å². The summed E-state index contributed by atoms with van der Waals surface area (Å²) in [5.74, 6) is 1.59. The first-order valence-electron chi connectivity index (χ1n) is 9.98. The van der Waals surface area contributed by atoms with Gasteiger partial charge in [0.2, 0.25) is 0 Å². The van der Waals surface area contributed by atoms with E-state index in [0.29, 0.717) is 11.1 Å². The molecule has 1 saturated carbocycles. The number of benzene rings is 2. The fourth-order valence-electron chi connectivity index (χ4n) is 4.26. The van der Waals surface area contributed by atoms with E-state index in [-0.39, 0.29) is 5.82 Å². The molecular formula is C24H28FN. The summed E-state index contributed by atoms with van der Waals surface area (Å²) in [5, 5.41) is 8.87. The molecular weight excluding hydrogens is 321 g/mol. The van der Waals surface area contributed by atoms with Gasteiger partial charge in [0.15, 0.2) is 0 Å².